The monoisotopic (exact) mass is 276 g/mol. The summed E-state index contributed by atoms with van der Waals surface area (Å²) in [5, 5.41) is 0. The van der Waals surface area contributed by atoms with E-state index in [9.17, 15) is 4.79 Å². The summed E-state index contributed by atoms with van der Waals surface area (Å²) in [6.07, 6.45) is 1.67. The van der Waals surface area contributed by atoms with E-state index in [1.165, 1.54) is 11.1 Å². The minimum atomic E-state index is -0.250. The van der Waals surface area contributed by atoms with E-state index in [-0.39, 0.29) is 23.0 Å². The number of fused-ring (bicyclic) bond motifs is 1. The maximum atomic E-state index is 12.4. The normalized spacial score (nSPS) is 25.2. The highest BCUT2D eigenvalue weighted by Gasteiger charge is 2.73. The minimum Gasteiger partial charge on any atom is -0.501 e. The molecule has 0 amide bonds. The van der Waals surface area contributed by atoms with Crippen LogP contribution >= 0.6 is 0 Å². The molecule has 2 aromatic carbocycles. The van der Waals surface area contributed by atoms with Crippen molar-refractivity contribution in [1.29, 1.82) is 0 Å². The fraction of sp³-hybridized carbons (Fsp3) is 0.211. The number of allylic oxidation sites excluding steroid dienone is 2. The second-order valence-electron chi connectivity index (χ2n) is 5.71. The lowest BCUT2D eigenvalue weighted by Crippen LogP contribution is -2.19. The Hall–Kier alpha value is -2.35. The van der Waals surface area contributed by atoms with Gasteiger partial charge in [0, 0.05) is 23.3 Å². The van der Waals surface area contributed by atoms with E-state index in [0.717, 1.165) is 5.76 Å². The molecule has 0 bridgehead atoms. The lowest BCUT2D eigenvalue weighted by molar-refractivity contribution is -0.115. The molecule has 1 saturated carbocycles. The summed E-state index contributed by atoms with van der Waals surface area (Å²) in [5.74, 6) is 1.12. The van der Waals surface area contributed by atoms with Crippen LogP contribution in [0.4, 0.5) is 0 Å². The summed E-state index contributed by atoms with van der Waals surface area (Å²) in [6.45, 7) is 0. The zero-order valence-electron chi connectivity index (χ0n) is 11.8. The van der Waals surface area contributed by atoms with E-state index in [1.807, 2.05) is 36.4 Å². The molecular weight excluding hydrogens is 260 g/mol. The Morgan fingerprint density at radius 2 is 1.38 bits per heavy atom. The van der Waals surface area contributed by atoms with Gasteiger partial charge in [-0.05, 0) is 11.1 Å². The van der Waals surface area contributed by atoms with Gasteiger partial charge in [0.25, 0.3) is 0 Å². The van der Waals surface area contributed by atoms with Crippen molar-refractivity contribution in [2.45, 2.75) is 5.41 Å². The predicted octanol–water partition coefficient (Wildman–Crippen LogP) is 3.33. The SMILES string of the molecule is COC1=CC(=O)C2C1C2(c1ccccc1)c1ccccc1. The quantitative estimate of drug-likeness (QED) is 0.859. The van der Waals surface area contributed by atoms with Gasteiger partial charge in [0.15, 0.2) is 5.78 Å². The van der Waals surface area contributed by atoms with Crippen LogP contribution in [0.15, 0.2) is 72.5 Å². The molecule has 0 N–H and O–H groups in total. The highest BCUT2D eigenvalue weighted by atomic mass is 16.5. The molecule has 0 saturated heterocycles. The third-order valence-electron chi connectivity index (χ3n) is 4.84. The Kier molecular flexibility index (Phi) is 2.55. The van der Waals surface area contributed by atoms with E-state index in [2.05, 4.69) is 24.3 Å². The maximum absolute atomic E-state index is 12.4. The van der Waals surface area contributed by atoms with Gasteiger partial charge in [-0.15, -0.1) is 0 Å². The van der Waals surface area contributed by atoms with Gasteiger partial charge in [0.05, 0.1) is 7.11 Å². The average Bonchev–Trinajstić information content (AvgIpc) is 3.14. The van der Waals surface area contributed by atoms with E-state index >= 15 is 0 Å². The van der Waals surface area contributed by atoms with Crippen LogP contribution in [0.25, 0.3) is 0 Å². The molecule has 0 spiro atoms. The Bertz CT molecular complexity index is 676. The number of ether oxygens (including phenoxy) is 1. The van der Waals surface area contributed by atoms with Gasteiger partial charge in [0.2, 0.25) is 0 Å². The van der Waals surface area contributed by atoms with Crippen molar-refractivity contribution in [3.05, 3.63) is 83.6 Å². The highest BCUT2D eigenvalue weighted by molar-refractivity contribution is 6.02. The number of carbonyl (C=O) groups excluding carboxylic acids is 1. The predicted molar refractivity (Wildman–Crippen MR) is 80.7 cm³/mol. The van der Waals surface area contributed by atoms with Gasteiger partial charge >= 0.3 is 0 Å². The highest BCUT2D eigenvalue weighted by Crippen LogP contribution is 2.69. The van der Waals surface area contributed by atoms with Crippen LogP contribution in [-0.2, 0) is 14.9 Å². The van der Waals surface area contributed by atoms with Gasteiger partial charge in [-0.25, -0.2) is 0 Å². The molecule has 104 valence electrons. The molecule has 4 rings (SSSR count). The molecule has 2 unspecified atom stereocenters. The molecule has 2 heteroatoms. The summed E-state index contributed by atoms with van der Waals surface area (Å²) in [7, 11) is 1.65. The van der Waals surface area contributed by atoms with Crippen molar-refractivity contribution in [2.24, 2.45) is 11.8 Å². The molecule has 2 atom stereocenters. The molecule has 2 aliphatic carbocycles. The summed E-state index contributed by atoms with van der Waals surface area (Å²) >= 11 is 0. The van der Waals surface area contributed by atoms with Gasteiger partial charge in [-0.1, -0.05) is 60.7 Å². The molecule has 21 heavy (non-hydrogen) atoms. The Morgan fingerprint density at radius 3 is 1.86 bits per heavy atom. The first-order valence-corrected chi connectivity index (χ1v) is 7.20. The molecule has 2 aliphatic rings. The van der Waals surface area contributed by atoms with Crippen LogP contribution in [0.5, 0.6) is 0 Å². The molecule has 0 heterocycles. The lowest BCUT2D eigenvalue weighted by Gasteiger charge is -2.22. The molecule has 2 aromatic rings. The summed E-state index contributed by atoms with van der Waals surface area (Å²) in [4.78, 5) is 12.4. The first-order valence-electron chi connectivity index (χ1n) is 7.20. The van der Waals surface area contributed by atoms with E-state index in [0.29, 0.717) is 0 Å². The molecule has 2 nitrogen and oxygen atoms in total. The number of rotatable bonds is 3. The van der Waals surface area contributed by atoms with E-state index < -0.39 is 0 Å². The minimum absolute atomic E-state index is 0.0164. The van der Waals surface area contributed by atoms with Crippen LogP contribution in [0, 0.1) is 11.8 Å². The molecule has 0 aliphatic heterocycles. The standard InChI is InChI=1S/C19H16O2/c1-21-16-12-15(20)17-18(16)19(17,13-8-4-2-5-9-13)14-10-6-3-7-11-14/h2-12,17-18H,1H3. The molecule has 1 fully saturated rings. The molecule has 0 aromatic heterocycles. The van der Waals surface area contributed by atoms with E-state index in [1.54, 1.807) is 13.2 Å². The number of benzene rings is 2. The zero-order valence-corrected chi connectivity index (χ0v) is 11.8. The number of carbonyl (C=O) groups is 1. The largest absolute Gasteiger partial charge is 0.501 e. The number of ketones is 1. The summed E-state index contributed by atoms with van der Waals surface area (Å²) in [5.41, 5.74) is 2.14. The van der Waals surface area contributed by atoms with Crippen molar-refractivity contribution < 1.29 is 9.53 Å². The Labute approximate surface area is 124 Å². The van der Waals surface area contributed by atoms with Crippen LogP contribution in [0.1, 0.15) is 11.1 Å². The van der Waals surface area contributed by atoms with Crippen LogP contribution in [0.3, 0.4) is 0 Å². The van der Waals surface area contributed by atoms with Gasteiger partial charge in [0.1, 0.15) is 5.76 Å². The second-order valence-corrected chi connectivity index (χ2v) is 5.71. The topological polar surface area (TPSA) is 26.3 Å². The van der Waals surface area contributed by atoms with Gasteiger partial charge in [-0.3, -0.25) is 4.79 Å². The fourth-order valence-corrected chi connectivity index (χ4v) is 3.98. The van der Waals surface area contributed by atoms with Crippen LogP contribution in [-0.4, -0.2) is 12.9 Å². The summed E-state index contributed by atoms with van der Waals surface area (Å²) in [6, 6.07) is 20.6. The third-order valence-corrected chi connectivity index (χ3v) is 4.84. The smallest absolute Gasteiger partial charge is 0.164 e. The molecular formula is C19H16O2. The average molecular weight is 276 g/mol. The second kappa shape index (κ2) is 4.32. The van der Waals surface area contributed by atoms with Crippen LogP contribution in [0.2, 0.25) is 0 Å². The third kappa shape index (κ3) is 1.50. The Balaban J connectivity index is 1.92. The fourth-order valence-electron chi connectivity index (χ4n) is 3.98. The lowest BCUT2D eigenvalue weighted by atomic mass is 9.82. The van der Waals surface area contributed by atoms with Gasteiger partial charge in [-0.2, -0.15) is 0 Å². The first-order chi connectivity index (χ1) is 10.3. The van der Waals surface area contributed by atoms with E-state index in [4.69, 9.17) is 4.74 Å². The van der Waals surface area contributed by atoms with Crippen molar-refractivity contribution in [1.82, 2.24) is 0 Å². The maximum Gasteiger partial charge on any atom is 0.164 e. The van der Waals surface area contributed by atoms with Crippen molar-refractivity contribution in [2.75, 3.05) is 7.11 Å². The van der Waals surface area contributed by atoms with Gasteiger partial charge < -0.3 is 4.74 Å². The molecule has 0 radical (unpaired) electrons. The zero-order chi connectivity index (χ0) is 14.4. The number of hydrogen-bond donors (Lipinski definition) is 0. The summed E-state index contributed by atoms with van der Waals surface area (Å²) < 4.78 is 5.47. The van der Waals surface area contributed by atoms with Crippen LogP contribution < -0.4 is 0 Å². The number of methoxy groups -OCH3 is 1. The van der Waals surface area contributed by atoms with Crippen molar-refractivity contribution in [3.63, 3.8) is 0 Å². The Morgan fingerprint density at radius 1 is 0.857 bits per heavy atom. The number of hydrogen-bond acceptors (Lipinski definition) is 2. The van der Waals surface area contributed by atoms with Crippen molar-refractivity contribution >= 4 is 5.78 Å². The first kappa shape index (κ1) is 12.4. The van der Waals surface area contributed by atoms with Crippen molar-refractivity contribution in [3.8, 4) is 0 Å².